The summed E-state index contributed by atoms with van der Waals surface area (Å²) < 4.78 is 0. The van der Waals surface area contributed by atoms with Gasteiger partial charge >= 0.3 is 0 Å². The first-order chi connectivity index (χ1) is 12.1. The van der Waals surface area contributed by atoms with E-state index in [-0.39, 0.29) is 0 Å². The molecular weight excluding hydrogens is 380 g/mol. The largest absolute Gasteiger partial charge is 0.129 e. The van der Waals surface area contributed by atoms with Gasteiger partial charge in [-0.25, -0.2) is 0 Å². The molecule has 4 heteroatoms. The molecule has 0 fully saturated rings. The second-order valence-corrected chi connectivity index (χ2v) is 9.21. The molecule has 0 saturated carbocycles. The first-order valence-electron chi connectivity index (χ1n) is 7.95. The molecule has 0 spiro atoms. The zero-order chi connectivity index (χ0) is 18.1. The highest BCUT2D eigenvalue weighted by atomic mass is 32.2. The smallest absolute Gasteiger partial charge is 0.0155 e. The number of fused-ring (bicyclic) bond motifs is 2. The van der Waals surface area contributed by atoms with Crippen LogP contribution in [0.3, 0.4) is 0 Å². The Labute approximate surface area is 167 Å². The fourth-order valence-corrected chi connectivity index (χ4v) is 5.77. The third kappa shape index (κ3) is 3.23. The van der Waals surface area contributed by atoms with Gasteiger partial charge in [0.2, 0.25) is 0 Å². The van der Waals surface area contributed by atoms with Gasteiger partial charge in [0.15, 0.2) is 0 Å². The van der Waals surface area contributed by atoms with Crippen LogP contribution in [0.2, 0.25) is 0 Å². The fourth-order valence-electron chi connectivity index (χ4n) is 3.36. The van der Waals surface area contributed by atoms with Gasteiger partial charge in [0.05, 0.1) is 0 Å². The van der Waals surface area contributed by atoms with E-state index in [1.165, 1.54) is 46.7 Å². The highest BCUT2D eigenvalue weighted by molar-refractivity contribution is 7.99. The molecule has 0 aliphatic heterocycles. The van der Waals surface area contributed by atoms with Gasteiger partial charge in [-0.3, -0.25) is 0 Å². The van der Waals surface area contributed by atoms with Gasteiger partial charge in [-0.1, -0.05) is 6.58 Å². The van der Waals surface area contributed by atoms with Crippen molar-refractivity contribution in [2.45, 2.75) is 26.5 Å². The molecule has 3 rings (SSSR count). The molecule has 0 aliphatic rings. The van der Waals surface area contributed by atoms with Crippen molar-refractivity contribution in [3.05, 3.63) is 42.5 Å². The van der Waals surface area contributed by atoms with Crippen molar-refractivity contribution in [2.24, 2.45) is 0 Å². The normalized spacial score (nSPS) is 11.4. The molecule has 25 heavy (non-hydrogen) atoms. The summed E-state index contributed by atoms with van der Waals surface area (Å²) in [7, 11) is 0. The molecule has 0 amide bonds. The van der Waals surface area contributed by atoms with Gasteiger partial charge < -0.3 is 0 Å². The van der Waals surface area contributed by atoms with Crippen LogP contribution in [-0.4, -0.2) is 25.0 Å². The van der Waals surface area contributed by atoms with E-state index in [0.29, 0.717) is 0 Å². The van der Waals surface area contributed by atoms with Crippen molar-refractivity contribution in [1.29, 1.82) is 0 Å². The lowest BCUT2D eigenvalue weighted by molar-refractivity contribution is 1.40. The summed E-state index contributed by atoms with van der Waals surface area (Å²) in [5, 5.41) is 5.40. The molecular formula is C21H22S4. The standard InChI is InChI=1S/C21H22S4/c1-12(2)19-20-13(15(22-3)7-9-17(20)24-5)11-14-16(23-4)8-10-18(25-6)21(14)19/h7-11H,1H2,2-6H3. The molecule has 3 aromatic carbocycles. The minimum Gasteiger partial charge on any atom is -0.129 e. The summed E-state index contributed by atoms with van der Waals surface area (Å²) >= 11 is 7.28. The third-order valence-electron chi connectivity index (χ3n) is 4.43. The molecule has 0 saturated heterocycles. The summed E-state index contributed by atoms with van der Waals surface area (Å²) in [6.45, 7) is 6.49. The van der Waals surface area contributed by atoms with Crippen LogP contribution in [0.25, 0.3) is 27.1 Å². The third-order valence-corrected chi connectivity index (χ3v) is 7.58. The number of allylic oxidation sites excluding steroid dienone is 1. The maximum Gasteiger partial charge on any atom is 0.0155 e. The number of thioether (sulfide) groups is 4. The average molecular weight is 403 g/mol. The van der Waals surface area contributed by atoms with Crippen molar-refractivity contribution < 1.29 is 0 Å². The Bertz CT molecular complexity index is 903. The maximum atomic E-state index is 4.36. The molecule has 0 atom stereocenters. The molecule has 0 heterocycles. The first-order valence-corrected chi connectivity index (χ1v) is 12.9. The predicted molar refractivity (Wildman–Crippen MR) is 123 cm³/mol. The Morgan fingerprint density at radius 1 is 0.680 bits per heavy atom. The molecule has 0 radical (unpaired) electrons. The second-order valence-electron chi connectivity index (χ2n) is 5.82. The van der Waals surface area contributed by atoms with Crippen LogP contribution in [0, 0.1) is 0 Å². The molecule has 0 unspecified atom stereocenters. The van der Waals surface area contributed by atoms with Crippen molar-refractivity contribution in [3.63, 3.8) is 0 Å². The van der Waals surface area contributed by atoms with Crippen molar-refractivity contribution in [1.82, 2.24) is 0 Å². The second kappa shape index (κ2) is 7.91. The minimum absolute atomic E-state index is 1.14. The van der Waals surface area contributed by atoms with Gasteiger partial charge in [-0.05, 0) is 84.2 Å². The topological polar surface area (TPSA) is 0 Å². The Kier molecular flexibility index (Phi) is 6.04. The van der Waals surface area contributed by atoms with Gasteiger partial charge in [0, 0.05) is 30.4 Å². The summed E-state index contributed by atoms with van der Waals surface area (Å²) in [5.74, 6) is 0. The lowest BCUT2D eigenvalue weighted by Crippen LogP contribution is -1.93. The van der Waals surface area contributed by atoms with Crippen molar-refractivity contribution in [3.8, 4) is 0 Å². The quantitative estimate of drug-likeness (QED) is 0.314. The Hall–Kier alpha value is -0.680. The summed E-state index contributed by atoms with van der Waals surface area (Å²) in [5.41, 5.74) is 2.45. The minimum atomic E-state index is 1.14. The van der Waals surface area contributed by atoms with Crippen LogP contribution in [0.1, 0.15) is 12.5 Å². The highest BCUT2D eigenvalue weighted by Gasteiger charge is 2.18. The monoisotopic (exact) mass is 402 g/mol. The number of benzene rings is 3. The van der Waals surface area contributed by atoms with Gasteiger partial charge in [0.1, 0.15) is 0 Å². The van der Waals surface area contributed by atoms with Crippen molar-refractivity contribution in [2.75, 3.05) is 25.0 Å². The fraction of sp³-hybridized carbons (Fsp3) is 0.238. The summed E-state index contributed by atoms with van der Waals surface area (Å²) in [6, 6.07) is 11.4. The van der Waals surface area contributed by atoms with Crippen LogP contribution in [-0.2, 0) is 0 Å². The van der Waals surface area contributed by atoms with Gasteiger partial charge in [0.25, 0.3) is 0 Å². The molecule has 3 aromatic rings. The Balaban J connectivity index is 2.68. The van der Waals surface area contributed by atoms with E-state index in [4.69, 9.17) is 0 Å². The van der Waals surface area contributed by atoms with Crippen LogP contribution in [0.4, 0.5) is 0 Å². The Morgan fingerprint density at radius 3 is 1.36 bits per heavy atom. The van der Waals surface area contributed by atoms with E-state index in [1.807, 2.05) is 47.0 Å². The van der Waals surface area contributed by atoms with Crippen molar-refractivity contribution >= 4 is 74.2 Å². The van der Waals surface area contributed by atoms with Crippen LogP contribution in [0.15, 0.2) is 56.5 Å². The number of rotatable bonds is 5. The molecule has 0 N–H and O–H groups in total. The molecule has 0 aliphatic carbocycles. The maximum absolute atomic E-state index is 4.36. The lowest BCUT2D eigenvalue weighted by Gasteiger charge is -2.19. The lowest BCUT2D eigenvalue weighted by atomic mass is 9.93. The highest BCUT2D eigenvalue weighted by Crippen LogP contribution is 2.45. The zero-order valence-corrected chi connectivity index (χ0v) is 18.5. The first kappa shape index (κ1) is 19.1. The number of hydrogen-bond acceptors (Lipinski definition) is 4. The molecule has 130 valence electrons. The van der Waals surface area contributed by atoms with Crippen LogP contribution >= 0.6 is 47.0 Å². The number of hydrogen-bond donors (Lipinski definition) is 0. The van der Waals surface area contributed by atoms with E-state index >= 15 is 0 Å². The average Bonchev–Trinajstić information content (AvgIpc) is 2.64. The van der Waals surface area contributed by atoms with Crippen LogP contribution in [0.5, 0.6) is 0 Å². The van der Waals surface area contributed by atoms with E-state index in [0.717, 1.165) is 5.57 Å². The summed E-state index contributed by atoms with van der Waals surface area (Å²) in [4.78, 5) is 5.32. The molecule has 0 aromatic heterocycles. The van der Waals surface area contributed by atoms with E-state index < -0.39 is 0 Å². The predicted octanol–water partition coefficient (Wildman–Crippen LogP) is 7.91. The van der Waals surface area contributed by atoms with E-state index in [2.05, 4.69) is 68.9 Å². The van der Waals surface area contributed by atoms with E-state index in [9.17, 15) is 0 Å². The van der Waals surface area contributed by atoms with Gasteiger partial charge in [-0.15, -0.1) is 47.0 Å². The van der Waals surface area contributed by atoms with Gasteiger partial charge in [-0.2, -0.15) is 0 Å². The summed E-state index contributed by atoms with van der Waals surface area (Å²) in [6.07, 6.45) is 8.64. The molecule has 0 bridgehead atoms. The Morgan fingerprint density at radius 2 is 1.04 bits per heavy atom. The molecule has 0 nitrogen and oxygen atoms in total. The SMILES string of the molecule is C=C(C)c1c2c(SC)ccc(SC)c2cc2c(SC)ccc(SC)c12. The zero-order valence-electron chi connectivity index (χ0n) is 15.2. The van der Waals surface area contributed by atoms with E-state index in [1.54, 1.807) is 0 Å². The van der Waals surface area contributed by atoms with Crippen LogP contribution < -0.4 is 0 Å².